The fraction of sp³-hybridized carbons (Fsp3) is 0.727. The van der Waals surface area contributed by atoms with Crippen LogP contribution in [0.3, 0.4) is 0 Å². The van der Waals surface area contributed by atoms with Gasteiger partial charge in [-0.3, -0.25) is 9.59 Å². The molecule has 0 heterocycles. The molecule has 0 aromatic rings. The number of hydrogen-bond donors (Lipinski definition) is 3. The van der Waals surface area contributed by atoms with Crippen molar-refractivity contribution < 1.29 is 19.5 Å². The summed E-state index contributed by atoms with van der Waals surface area (Å²) in [5.41, 5.74) is -0.865. The lowest BCUT2D eigenvalue weighted by Crippen LogP contribution is -2.51. The highest BCUT2D eigenvalue weighted by Gasteiger charge is 2.23. The Balaban J connectivity index is 4.12. The van der Waals surface area contributed by atoms with Crippen molar-refractivity contribution in [1.82, 2.24) is 15.5 Å². The van der Waals surface area contributed by atoms with Crippen molar-refractivity contribution in [3.8, 4) is 0 Å². The number of rotatable bonds is 6. The van der Waals surface area contributed by atoms with E-state index < -0.39 is 17.5 Å². The second-order valence-corrected chi connectivity index (χ2v) is 4.67. The van der Waals surface area contributed by atoms with Crippen LogP contribution in [0.1, 0.15) is 27.2 Å². The Morgan fingerprint density at radius 2 is 1.83 bits per heavy atom. The summed E-state index contributed by atoms with van der Waals surface area (Å²) in [6.45, 7) is 5.47. The minimum absolute atomic E-state index is 0.112. The normalized spacial score (nSPS) is 10.7. The second kappa shape index (κ2) is 6.83. The van der Waals surface area contributed by atoms with Crippen molar-refractivity contribution in [2.75, 3.05) is 20.1 Å². The predicted octanol–water partition coefficient (Wildman–Crippen LogP) is 0.0172. The molecule has 0 aromatic carbocycles. The van der Waals surface area contributed by atoms with E-state index in [0.29, 0.717) is 6.54 Å². The molecule has 7 heteroatoms. The first-order valence-electron chi connectivity index (χ1n) is 5.69. The number of urea groups is 1. The van der Waals surface area contributed by atoms with Crippen LogP contribution in [0.25, 0.3) is 0 Å². The topological polar surface area (TPSA) is 98.7 Å². The van der Waals surface area contributed by atoms with Gasteiger partial charge in [-0.15, -0.1) is 0 Å². The molecule has 0 rings (SSSR count). The maximum Gasteiger partial charge on any atom is 0.315 e. The lowest BCUT2D eigenvalue weighted by atomic mass is 10.0. The van der Waals surface area contributed by atoms with Crippen LogP contribution in [0.4, 0.5) is 4.79 Å². The molecule has 0 saturated heterocycles. The van der Waals surface area contributed by atoms with E-state index in [9.17, 15) is 14.4 Å². The molecule has 3 amide bonds. The number of carboxylic acid groups (broad SMARTS) is 1. The maximum atomic E-state index is 11.5. The van der Waals surface area contributed by atoms with Gasteiger partial charge in [-0.1, -0.05) is 0 Å². The number of hydrogen-bond acceptors (Lipinski definition) is 3. The van der Waals surface area contributed by atoms with E-state index in [1.807, 2.05) is 6.92 Å². The van der Waals surface area contributed by atoms with Gasteiger partial charge in [0.1, 0.15) is 0 Å². The van der Waals surface area contributed by atoms with Crippen molar-refractivity contribution >= 4 is 17.9 Å². The fourth-order valence-corrected chi connectivity index (χ4v) is 1.24. The van der Waals surface area contributed by atoms with Gasteiger partial charge in [0, 0.05) is 19.1 Å². The Morgan fingerprint density at radius 3 is 2.28 bits per heavy atom. The number of nitrogens with zero attached hydrogens (tertiary/aromatic N) is 1. The van der Waals surface area contributed by atoms with E-state index in [1.165, 1.54) is 4.90 Å². The first kappa shape index (κ1) is 16.2. The Hall–Kier alpha value is -1.79. The number of aliphatic carboxylic acids is 1. The third-order valence-electron chi connectivity index (χ3n) is 2.35. The van der Waals surface area contributed by atoms with Crippen LogP contribution in [0.2, 0.25) is 0 Å². The van der Waals surface area contributed by atoms with Crippen LogP contribution < -0.4 is 10.6 Å². The number of likely N-dealkylation sites (N-methyl/N-ethyl adjacent to an activating group) is 1. The average molecular weight is 259 g/mol. The third-order valence-corrected chi connectivity index (χ3v) is 2.35. The SMILES string of the molecule is CCN(C)C(=O)CNC(=O)NC(C)(C)CC(=O)O. The maximum absolute atomic E-state index is 11.5. The van der Waals surface area contributed by atoms with Crippen LogP contribution in [-0.2, 0) is 9.59 Å². The number of carbonyl (C=O) groups excluding carboxylic acids is 2. The highest BCUT2D eigenvalue weighted by Crippen LogP contribution is 2.07. The van der Waals surface area contributed by atoms with Gasteiger partial charge in [-0.2, -0.15) is 0 Å². The third kappa shape index (κ3) is 6.72. The van der Waals surface area contributed by atoms with Crippen LogP contribution >= 0.6 is 0 Å². The zero-order valence-corrected chi connectivity index (χ0v) is 11.2. The molecule has 7 nitrogen and oxygen atoms in total. The largest absolute Gasteiger partial charge is 0.481 e. The Kier molecular flexibility index (Phi) is 6.15. The zero-order chi connectivity index (χ0) is 14.3. The molecule has 18 heavy (non-hydrogen) atoms. The highest BCUT2D eigenvalue weighted by molar-refractivity contribution is 5.84. The quantitative estimate of drug-likeness (QED) is 0.626. The fourth-order valence-electron chi connectivity index (χ4n) is 1.24. The van der Waals surface area contributed by atoms with Crippen molar-refractivity contribution in [3.05, 3.63) is 0 Å². The summed E-state index contributed by atoms with van der Waals surface area (Å²) in [6, 6.07) is -0.556. The Morgan fingerprint density at radius 1 is 1.28 bits per heavy atom. The zero-order valence-electron chi connectivity index (χ0n) is 11.2. The van der Waals surface area contributed by atoms with Gasteiger partial charge in [-0.05, 0) is 20.8 Å². The monoisotopic (exact) mass is 259 g/mol. The second-order valence-electron chi connectivity index (χ2n) is 4.67. The summed E-state index contributed by atoms with van der Waals surface area (Å²) in [4.78, 5) is 34.9. The van der Waals surface area contributed by atoms with Gasteiger partial charge in [0.15, 0.2) is 0 Å². The van der Waals surface area contributed by atoms with Crippen molar-refractivity contribution in [2.45, 2.75) is 32.7 Å². The van der Waals surface area contributed by atoms with Gasteiger partial charge < -0.3 is 20.6 Å². The molecule has 0 aliphatic rings. The summed E-state index contributed by atoms with van der Waals surface area (Å²) >= 11 is 0. The molecule has 0 atom stereocenters. The lowest BCUT2D eigenvalue weighted by molar-refractivity contribution is -0.138. The molecular formula is C11H21N3O4. The predicted molar refractivity (Wildman–Crippen MR) is 66.2 cm³/mol. The molecule has 0 unspecified atom stereocenters. The lowest BCUT2D eigenvalue weighted by Gasteiger charge is -2.24. The van der Waals surface area contributed by atoms with E-state index in [-0.39, 0.29) is 18.9 Å². The molecule has 0 fully saturated rings. The van der Waals surface area contributed by atoms with Gasteiger partial charge in [0.2, 0.25) is 5.91 Å². The molecule has 0 bridgehead atoms. The summed E-state index contributed by atoms with van der Waals surface area (Å²) < 4.78 is 0. The van der Waals surface area contributed by atoms with Crippen molar-refractivity contribution in [2.24, 2.45) is 0 Å². The number of nitrogens with one attached hydrogen (secondary N) is 2. The Labute approximate surface area is 107 Å². The van der Waals surface area contributed by atoms with E-state index in [0.717, 1.165) is 0 Å². The van der Waals surface area contributed by atoms with E-state index in [1.54, 1.807) is 20.9 Å². The van der Waals surface area contributed by atoms with Gasteiger partial charge >= 0.3 is 12.0 Å². The van der Waals surface area contributed by atoms with Crippen molar-refractivity contribution in [1.29, 1.82) is 0 Å². The van der Waals surface area contributed by atoms with Gasteiger partial charge in [0.05, 0.1) is 13.0 Å². The highest BCUT2D eigenvalue weighted by atomic mass is 16.4. The van der Waals surface area contributed by atoms with E-state index in [2.05, 4.69) is 10.6 Å². The van der Waals surface area contributed by atoms with E-state index >= 15 is 0 Å². The molecule has 0 radical (unpaired) electrons. The first-order chi connectivity index (χ1) is 8.18. The van der Waals surface area contributed by atoms with Crippen LogP contribution in [0, 0.1) is 0 Å². The molecular weight excluding hydrogens is 238 g/mol. The van der Waals surface area contributed by atoms with Crippen LogP contribution in [0.15, 0.2) is 0 Å². The number of amides is 3. The average Bonchev–Trinajstić information content (AvgIpc) is 2.21. The van der Waals surface area contributed by atoms with Crippen LogP contribution in [0.5, 0.6) is 0 Å². The molecule has 0 spiro atoms. The van der Waals surface area contributed by atoms with Gasteiger partial charge in [-0.25, -0.2) is 4.79 Å². The summed E-state index contributed by atoms with van der Waals surface area (Å²) in [6.07, 6.45) is -0.191. The number of carboxylic acids is 1. The summed E-state index contributed by atoms with van der Waals surface area (Å²) in [7, 11) is 1.64. The molecule has 104 valence electrons. The molecule has 3 N–H and O–H groups in total. The minimum atomic E-state index is -0.998. The molecule has 0 aromatic heterocycles. The summed E-state index contributed by atoms with van der Waals surface area (Å²) in [5.74, 6) is -1.20. The summed E-state index contributed by atoms with van der Waals surface area (Å²) in [5, 5.41) is 13.5. The molecule has 0 aliphatic heterocycles. The minimum Gasteiger partial charge on any atom is -0.481 e. The Bertz CT molecular complexity index is 328. The smallest absolute Gasteiger partial charge is 0.315 e. The molecule has 0 saturated carbocycles. The van der Waals surface area contributed by atoms with Crippen LogP contribution in [-0.4, -0.2) is 53.6 Å². The number of carbonyl (C=O) groups is 3. The standard InChI is InChI=1S/C11H21N3O4/c1-5-14(4)8(15)7-12-10(18)13-11(2,3)6-9(16)17/h5-7H2,1-4H3,(H,16,17)(H2,12,13,18). The van der Waals surface area contributed by atoms with Crippen molar-refractivity contribution in [3.63, 3.8) is 0 Å². The van der Waals surface area contributed by atoms with E-state index in [4.69, 9.17) is 5.11 Å². The first-order valence-corrected chi connectivity index (χ1v) is 5.69. The van der Waals surface area contributed by atoms with Gasteiger partial charge in [0.25, 0.3) is 0 Å². The molecule has 0 aliphatic carbocycles.